The third-order valence-corrected chi connectivity index (χ3v) is 3.95. The van der Waals surface area contributed by atoms with E-state index < -0.39 is 5.92 Å². The van der Waals surface area contributed by atoms with Crippen molar-refractivity contribution in [2.75, 3.05) is 24.5 Å². The molecule has 0 N–H and O–H groups in total. The van der Waals surface area contributed by atoms with Crippen molar-refractivity contribution in [3.63, 3.8) is 0 Å². The Bertz CT molecular complexity index is 698. The highest BCUT2D eigenvalue weighted by atomic mass is 16.2. The van der Waals surface area contributed by atoms with Crippen molar-refractivity contribution in [1.29, 1.82) is 10.5 Å². The van der Waals surface area contributed by atoms with Gasteiger partial charge in [-0.25, -0.2) is 0 Å². The molecule has 1 unspecified atom stereocenters. The van der Waals surface area contributed by atoms with Gasteiger partial charge in [0.25, 0.3) is 0 Å². The summed E-state index contributed by atoms with van der Waals surface area (Å²) in [5.74, 6) is -0.928. The van der Waals surface area contributed by atoms with Crippen molar-refractivity contribution >= 4 is 17.5 Å². The first-order valence-corrected chi connectivity index (χ1v) is 7.38. The number of rotatable bonds is 4. The summed E-state index contributed by atoms with van der Waals surface area (Å²) in [5.41, 5.74) is 2.90. The molecule has 1 fully saturated rings. The average Bonchev–Trinajstić information content (AvgIpc) is 2.88. The van der Waals surface area contributed by atoms with E-state index in [1.54, 1.807) is 4.90 Å². The molecule has 1 atom stereocenters. The van der Waals surface area contributed by atoms with Gasteiger partial charge in [0.2, 0.25) is 11.8 Å². The lowest BCUT2D eigenvalue weighted by Gasteiger charge is -2.22. The van der Waals surface area contributed by atoms with Crippen LogP contribution >= 0.6 is 0 Å². The van der Waals surface area contributed by atoms with Gasteiger partial charge in [0, 0.05) is 18.7 Å². The van der Waals surface area contributed by atoms with E-state index in [0.717, 1.165) is 16.8 Å². The summed E-state index contributed by atoms with van der Waals surface area (Å²) in [4.78, 5) is 27.5. The predicted octanol–water partition coefficient (Wildman–Crippen LogP) is 1.53. The topological polar surface area (TPSA) is 88.2 Å². The molecule has 118 valence electrons. The molecule has 6 heteroatoms. The highest BCUT2D eigenvalue weighted by Crippen LogP contribution is 2.29. The van der Waals surface area contributed by atoms with Crippen LogP contribution in [0.25, 0.3) is 0 Å². The van der Waals surface area contributed by atoms with Gasteiger partial charge in [-0.15, -0.1) is 0 Å². The Labute approximate surface area is 135 Å². The molecule has 1 aliphatic heterocycles. The van der Waals surface area contributed by atoms with E-state index >= 15 is 0 Å². The van der Waals surface area contributed by atoms with Gasteiger partial charge in [-0.3, -0.25) is 9.59 Å². The van der Waals surface area contributed by atoms with Crippen molar-refractivity contribution in [2.24, 2.45) is 5.92 Å². The van der Waals surface area contributed by atoms with Crippen molar-refractivity contribution in [1.82, 2.24) is 4.90 Å². The largest absolute Gasteiger partial charge is 0.316 e. The summed E-state index contributed by atoms with van der Waals surface area (Å²) < 4.78 is 0. The molecule has 1 aliphatic rings. The first-order valence-electron chi connectivity index (χ1n) is 7.38. The molecule has 1 aromatic carbocycles. The molecule has 6 nitrogen and oxygen atoms in total. The van der Waals surface area contributed by atoms with Gasteiger partial charge < -0.3 is 9.80 Å². The molecular weight excluding hydrogens is 292 g/mol. The zero-order chi connectivity index (χ0) is 17.0. The minimum absolute atomic E-state index is 0.107. The number of benzene rings is 1. The van der Waals surface area contributed by atoms with Gasteiger partial charge in [-0.2, -0.15) is 10.5 Å². The smallest absolute Gasteiger partial charge is 0.229 e. The highest BCUT2D eigenvalue weighted by Gasteiger charge is 2.37. The second-order valence-corrected chi connectivity index (χ2v) is 5.71. The van der Waals surface area contributed by atoms with Gasteiger partial charge in [0.05, 0.1) is 18.1 Å². The molecule has 0 bridgehead atoms. The lowest BCUT2D eigenvalue weighted by Crippen LogP contribution is -2.38. The van der Waals surface area contributed by atoms with Crippen LogP contribution in [0.3, 0.4) is 0 Å². The Morgan fingerprint density at radius 3 is 2.52 bits per heavy atom. The number of nitriles is 2. The Hall–Kier alpha value is -2.86. The molecule has 0 radical (unpaired) electrons. The molecule has 23 heavy (non-hydrogen) atoms. The van der Waals surface area contributed by atoms with E-state index in [1.807, 2.05) is 44.2 Å². The molecule has 0 saturated carbocycles. The monoisotopic (exact) mass is 310 g/mol. The van der Waals surface area contributed by atoms with E-state index in [-0.39, 0.29) is 37.9 Å². The summed E-state index contributed by atoms with van der Waals surface area (Å²) in [6, 6.07) is 9.58. The summed E-state index contributed by atoms with van der Waals surface area (Å²) in [5, 5.41) is 17.5. The van der Waals surface area contributed by atoms with Crippen LogP contribution in [0.4, 0.5) is 5.69 Å². The van der Waals surface area contributed by atoms with Crippen LogP contribution in [0.1, 0.15) is 17.5 Å². The number of anilines is 1. The second kappa shape index (κ2) is 6.93. The number of hydrogen-bond acceptors (Lipinski definition) is 4. The number of nitrogens with zero attached hydrogens (tertiary/aromatic N) is 4. The van der Waals surface area contributed by atoms with E-state index in [9.17, 15) is 9.59 Å². The number of carbonyl (C=O) groups is 2. The van der Waals surface area contributed by atoms with E-state index in [4.69, 9.17) is 10.5 Å². The van der Waals surface area contributed by atoms with Crippen LogP contribution in [-0.2, 0) is 9.59 Å². The molecule has 0 aliphatic carbocycles. The van der Waals surface area contributed by atoms with Crippen LogP contribution in [0, 0.1) is 42.4 Å². The van der Waals surface area contributed by atoms with E-state index in [2.05, 4.69) is 0 Å². The highest BCUT2D eigenvalue weighted by molar-refractivity contribution is 6.00. The number of aryl methyl sites for hydroxylation is 2. The SMILES string of the molecule is Cc1ccc(N2CC(C(=O)N(CC#N)CC#N)CC2=O)c(C)c1. The Morgan fingerprint density at radius 2 is 1.96 bits per heavy atom. The van der Waals surface area contributed by atoms with Crippen LogP contribution in [0.5, 0.6) is 0 Å². The summed E-state index contributed by atoms with van der Waals surface area (Å²) in [7, 11) is 0. The Balaban J connectivity index is 2.18. The maximum Gasteiger partial charge on any atom is 0.229 e. The second-order valence-electron chi connectivity index (χ2n) is 5.71. The zero-order valence-corrected chi connectivity index (χ0v) is 13.2. The van der Waals surface area contributed by atoms with Crippen LogP contribution < -0.4 is 4.90 Å². The first kappa shape index (κ1) is 16.5. The van der Waals surface area contributed by atoms with Crippen molar-refractivity contribution in [3.8, 4) is 12.1 Å². The lowest BCUT2D eigenvalue weighted by atomic mass is 10.1. The summed E-state index contributed by atoms with van der Waals surface area (Å²) in [6.45, 7) is 3.93. The molecule has 1 heterocycles. The quantitative estimate of drug-likeness (QED) is 0.789. The predicted molar refractivity (Wildman–Crippen MR) is 84.2 cm³/mol. The molecule has 0 aromatic heterocycles. The molecule has 2 amide bonds. The fourth-order valence-electron chi connectivity index (χ4n) is 2.85. The van der Waals surface area contributed by atoms with Crippen LogP contribution in [0.15, 0.2) is 18.2 Å². The molecular formula is C17H18N4O2. The van der Waals surface area contributed by atoms with Crippen molar-refractivity contribution in [2.45, 2.75) is 20.3 Å². The first-order chi connectivity index (χ1) is 11.0. The van der Waals surface area contributed by atoms with Crippen LogP contribution in [0.2, 0.25) is 0 Å². The standard InChI is InChI=1S/C17H18N4O2/c1-12-3-4-15(13(2)9-12)21-11-14(10-16(21)22)17(23)20(7-5-18)8-6-19/h3-4,9,14H,7-8,10-11H2,1-2H3. The fraction of sp³-hybridized carbons (Fsp3) is 0.412. The van der Waals surface area contributed by atoms with Gasteiger partial charge in [-0.05, 0) is 25.5 Å². The average molecular weight is 310 g/mol. The van der Waals surface area contributed by atoms with Gasteiger partial charge >= 0.3 is 0 Å². The van der Waals surface area contributed by atoms with Gasteiger partial charge in [-0.1, -0.05) is 17.7 Å². The third-order valence-electron chi connectivity index (χ3n) is 3.95. The maximum atomic E-state index is 12.4. The summed E-state index contributed by atoms with van der Waals surface area (Å²) >= 11 is 0. The van der Waals surface area contributed by atoms with E-state index in [1.165, 1.54) is 4.90 Å². The molecule has 2 rings (SSSR count). The van der Waals surface area contributed by atoms with Gasteiger partial charge in [0.1, 0.15) is 13.1 Å². The molecule has 1 saturated heterocycles. The zero-order valence-electron chi connectivity index (χ0n) is 13.2. The minimum atomic E-state index is -0.509. The number of carbonyl (C=O) groups excluding carboxylic acids is 2. The Morgan fingerprint density at radius 1 is 1.30 bits per heavy atom. The van der Waals surface area contributed by atoms with E-state index in [0.29, 0.717) is 0 Å². The molecule has 0 spiro atoms. The normalized spacial score (nSPS) is 16.8. The van der Waals surface area contributed by atoms with Crippen molar-refractivity contribution < 1.29 is 9.59 Å². The summed E-state index contributed by atoms with van der Waals surface area (Å²) in [6.07, 6.45) is 0.111. The number of hydrogen-bond donors (Lipinski definition) is 0. The maximum absolute atomic E-state index is 12.4. The minimum Gasteiger partial charge on any atom is -0.316 e. The Kier molecular flexibility index (Phi) is 4.98. The molecule has 1 aromatic rings. The number of amides is 2. The fourth-order valence-corrected chi connectivity index (χ4v) is 2.85. The van der Waals surface area contributed by atoms with Crippen molar-refractivity contribution in [3.05, 3.63) is 29.3 Å². The third kappa shape index (κ3) is 3.49. The van der Waals surface area contributed by atoms with Gasteiger partial charge in [0.15, 0.2) is 0 Å². The van der Waals surface area contributed by atoms with Crippen LogP contribution in [-0.4, -0.2) is 36.3 Å². The lowest BCUT2D eigenvalue weighted by molar-refractivity contribution is -0.134.